The number of nitrogens with zero attached hydrogens (tertiary/aromatic N) is 3. The number of benzene rings is 2. The maximum atomic E-state index is 9.98. The normalized spacial score (nSPS) is 9.38. The summed E-state index contributed by atoms with van der Waals surface area (Å²) in [5.74, 6) is 0.216. The first-order valence-electron chi connectivity index (χ1n) is 7.37. The largest absolute Gasteiger partial charge is 0.505 e. The molecule has 2 aromatic carbocycles. The van der Waals surface area contributed by atoms with E-state index in [9.17, 15) is 5.11 Å². The van der Waals surface area contributed by atoms with Crippen molar-refractivity contribution in [3.05, 3.63) is 48.0 Å². The lowest BCUT2D eigenvalue weighted by Gasteiger charge is -2.04. The van der Waals surface area contributed by atoms with E-state index in [4.69, 9.17) is 0 Å². The number of rotatable bonds is 1. The van der Waals surface area contributed by atoms with Gasteiger partial charge in [-0.2, -0.15) is 0 Å². The lowest BCUT2D eigenvalue weighted by molar-refractivity contribution is 0.463. The summed E-state index contributed by atoms with van der Waals surface area (Å²) in [6.45, 7) is 9.85. The Morgan fingerprint density at radius 2 is 1.33 bits per heavy atom. The molecular weight excluding hydrogens is 262 g/mol. The summed E-state index contributed by atoms with van der Waals surface area (Å²) in [5, 5.41) is 18.6. The minimum atomic E-state index is 0.216. The standard InChI is InChI=1S/C13H11N3O.2C2H6/c1-9-5-4-8-12(13(9)17)16-14-10-6-2-3-7-11(10)15-16;2*1-2/h2-8,17H,1H3;2*1-2H3. The molecule has 0 saturated carbocycles. The molecule has 1 N–H and O–H groups in total. The summed E-state index contributed by atoms with van der Waals surface area (Å²) >= 11 is 0. The molecule has 0 bridgehead atoms. The summed E-state index contributed by atoms with van der Waals surface area (Å²) < 4.78 is 0. The Labute approximate surface area is 126 Å². The van der Waals surface area contributed by atoms with Crippen molar-refractivity contribution < 1.29 is 5.11 Å². The number of aromatic nitrogens is 3. The smallest absolute Gasteiger partial charge is 0.145 e. The number of aryl methyl sites for hydroxylation is 1. The number of para-hydroxylation sites is 1. The second-order valence-corrected chi connectivity index (χ2v) is 3.92. The molecule has 0 radical (unpaired) electrons. The number of aromatic hydroxyl groups is 1. The number of fused-ring (bicyclic) bond motifs is 1. The van der Waals surface area contributed by atoms with Gasteiger partial charge in [0.2, 0.25) is 0 Å². The number of phenolic OH excluding ortho intramolecular Hbond substituents is 1. The highest BCUT2D eigenvalue weighted by atomic mass is 16.3. The lowest BCUT2D eigenvalue weighted by Crippen LogP contribution is -1.99. The fraction of sp³-hybridized carbons (Fsp3) is 0.294. The fourth-order valence-electron chi connectivity index (χ4n) is 1.77. The summed E-state index contributed by atoms with van der Waals surface area (Å²) in [5.41, 5.74) is 3.03. The van der Waals surface area contributed by atoms with Gasteiger partial charge in [0.15, 0.2) is 0 Å². The minimum Gasteiger partial charge on any atom is -0.505 e. The van der Waals surface area contributed by atoms with E-state index in [1.54, 1.807) is 6.07 Å². The zero-order valence-corrected chi connectivity index (χ0v) is 13.3. The topological polar surface area (TPSA) is 50.9 Å². The third-order valence-electron chi connectivity index (χ3n) is 2.72. The van der Waals surface area contributed by atoms with Crippen molar-refractivity contribution in [1.82, 2.24) is 15.0 Å². The molecule has 4 heteroatoms. The van der Waals surface area contributed by atoms with E-state index in [1.165, 1.54) is 4.80 Å². The molecule has 0 aliphatic heterocycles. The van der Waals surface area contributed by atoms with Gasteiger partial charge in [-0.05, 0) is 30.7 Å². The highest BCUT2D eigenvalue weighted by molar-refractivity contribution is 5.73. The van der Waals surface area contributed by atoms with Crippen molar-refractivity contribution in [1.29, 1.82) is 0 Å². The fourth-order valence-corrected chi connectivity index (χ4v) is 1.77. The van der Waals surface area contributed by atoms with E-state index in [2.05, 4.69) is 10.2 Å². The summed E-state index contributed by atoms with van der Waals surface area (Å²) in [7, 11) is 0. The Hall–Kier alpha value is -2.36. The average Bonchev–Trinajstić information content (AvgIpc) is 2.97. The Balaban J connectivity index is 0.000000510. The summed E-state index contributed by atoms with van der Waals surface area (Å²) in [6.07, 6.45) is 0. The first-order valence-corrected chi connectivity index (χ1v) is 7.37. The number of hydrogen-bond donors (Lipinski definition) is 1. The Kier molecular flexibility index (Phi) is 6.40. The van der Waals surface area contributed by atoms with Crippen molar-refractivity contribution in [2.75, 3.05) is 0 Å². The van der Waals surface area contributed by atoms with Gasteiger partial charge in [-0.25, -0.2) is 0 Å². The summed E-state index contributed by atoms with van der Waals surface area (Å²) in [6, 6.07) is 13.1. The number of phenols is 1. The first kappa shape index (κ1) is 16.7. The molecule has 3 rings (SSSR count). The lowest BCUT2D eigenvalue weighted by atomic mass is 10.2. The highest BCUT2D eigenvalue weighted by Crippen LogP contribution is 2.24. The molecular formula is C17H23N3O. The monoisotopic (exact) mass is 285 g/mol. The Morgan fingerprint density at radius 3 is 1.86 bits per heavy atom. The summed E-state index contributed by atoms with van der Waals surface area (Å²) in [4.78, 5) is 1.47. The van der Waals surface area contributed by atoms with E-state index in [-0.39, 0.29) is 5.75 Å². The quantitative estimate of drug-likeness (QED) is 0.717. The SMILES string of the molecule is CC.CC.Cc1cccc(-n2nc3ccccc3n2)c1O. The molecule has 0 fully saturated rings. The average molecular weight is 285 g/mol. The highest BCUT2D eigenvalue weighted by Gasteiger charge is 2.09. The van der Waals surface area contributed by atoms with Crippen LogP contribution in [0.1, 0.15) is 33.3 Å². The minimum absolute atomic E-state index is 0.216. The van der Waals surface area contributed by atoms with Gasteiger partial charge in [-0.15, -0.1) is 15.0 Å². The van der Waals surface area contributed by atoms with Crippen LogP contribution >= 0.6 is 0 Å². The third kappa shape index (κ3) is 3.60. The van der Waals surface area contributed by atoms with Gasteiger partial charge in [0.25, 0.3) is 0 Å². The van der Waals surface area contributed by atoms with Gasteiger partial charge in [-0.1, -0.05) is 52.0 Å². The third-order valence-corrected chi connectivity index (χ3v) is 2.72. The maximum absolute atomic E-state index is 9.98. The molecule has 0 aliphatic carbocycles. The van der Waals surface area contributed by atoms with Crippen LogP contribution in [0.2, 0.25) is 0 Å². The van der Waals surface area contributed by atoms with Crippen LogP contribution in [0, 0.1) is 6.92 Å². The molecule has 112 valence electrons. The van der Waals surface area contributed by atoms with Crippen molar-refractivity contribution in [3.63, 3.8) is 0 Å². The van der Waals surface area contributed by atoms with Crippen molar-refractivity contribution >= 4 is 11.0 Å². The van der Waals surface area contributed by atoms with Crippen LogP contribution in [-0.4, -0.2) is 20.1 Å². The van der Waals surface area contributed by atoms with Gasteiger partial charge in [-0.3, -0.25) is 0 Å². The van der Waals surface area contributed by atoms with Crippen LogP contribution in [0.15, 0.2) is 42.5 Å². The molecule has 1 aromatic heterocycles. The van der Waals surface area contributed by atoms with Gasteiger partial charge in [0.05, 0.1) is 0 Å². The van der Waals surface area contributed by atoms with Crippen LogP contribution in [0.5, 0.6) is 5.75 Å². The van der Waals surface area contributed by atoms with E-state index >= 15 is 0 Å². The van der Waals surface area contributed by atoms with E-state index < -0.39 is 0 Å². The molecule has 0 atom stereocenters. The van der Waals surface area contributed by atoms with Gasteiger partial charge >= 0.3 is 0 Å². The van der Waals surface area contributed by atoms with Gasteiger partial charge in [0.1, 0.15) is 22.5 Å². The van der Waals surface area contributed by atoms with E-state index in [1.807, 2.05) is 71.0 Å². The molecule has 3 aromatic rings. The zero-order valence-electron chi connectivity index (χ0n) is 13.3. The van der Waals surface area contributed by atoms with E-state index in [0.717, 1.165) is 16.6 Å². The predicted octanol–water partition coefficient (Wildman–Crippen LogP) is 4.49. The van der Waals surface area contributed by atoms with Crippen molar-refractivity contribution in [2.45, 2.75) is 34.6 Å². The molecule has 0 unspecified atom stereocenters. The van der Waals surface area contributed by atoms with Crippen molar-refractivity contribution in [3.8, 4) is 11.4 Å². The molecule has 0 saturated heterocycles. The molecule has 1 heterocycles. The molecule has 0 spiro atoms. The number of hydrogen-bond acceptors (Lipinski definition) is 3. The molecule has 21 heavy (non-hydrogen) atoms. The van der Waals surface area contributed by atoms with Crippen LogP contribution in [0.4, 0.5) is 0 Å². The predicted molar refractivity (Wildman–Crippen MR) is 88.0 cm³/mol. The molecule has 0 amide bonds. The Morgan fingerprint density at radius 1 is 0.810 bits per heavy atom. The van der Waals surface area contributed by atoms with Gasteiger partial charge in [0, 0.05) is 0 Å². The van der Waals surface area contributed by atoms with Crippen LogP contribution in [0.25, 0.3) is 16.7 Å². The van der Waals surface area contributed by atoms with Gasteiger partial charge < -0.3 is 5.11 Å². The zero-order chi connectivity index (χ0) is 15.8. The Bertz CT molecular complexity index is 656. The van der Waals surface area contributed by atoms with E-state index in [0.29, 0.717) is 5.69 Å². The van der Waals surface area contributed by atoms with Crippen molar-refractivity contribution in [2.24, 2.45) is 0 Å². The maximum Gasteiger partial charge on any atom is 0.145 e. The molecule has 0 aliphatic rings. The van der Waals surface area contributed by atoms with Crippen LogP contribution in [0.3, 0.4) is 0 Å². The second kappa shape index (κ2) is 8.04. The van der Waals surface area contributed by atoms with Crippen LogP contribution < -0.4 is 0 Å². The first-order chi connectivity index (χ1) is 10.3. The van der Waals surface area contributed by atoms with Crippen LogP contribution in [-0.2, 0) is 0 Å². The molecule has 4 nitrogen and oxygen atoms in total. The second-order valence-electron chi connectivity index (χ2n) is 3.92.